The summed E-state index contributed by atoms with van der Waals surface area (Å²) in [5.41, 5.74) is 1.04. The Hall–Kier alpha value is -0.240. The van der Waals surface area contributed by atoms with E-state index in [-0.39, 0.29) is 5.60 Å². The Balaban J connectivity index is 1.96. The molecule has 2 fully saturated rings. The van der Waals surface area contributed by atoms with Gasteiger partial charge in [-0.1, -0.05) is 42.1 Å². The zero-order valence-electron chi connectivity index (χ0n) is 9.01. The zero-order valence-corrected chi connectivity index (χ0v) is 10.5. The maximum Gasteiger partial charge on any atom is 0.121 e. The molecular weight excluding hydrogens is 243 g/mol. The first kappa shape index (κ1) is 10.9. The summed E-state index contributed by atoms with van der Waals surface area (Å²) in [5, 5.41) is 1.44. The summed E-state index contributed by atoms with van der Waals surface area (Å²) in [6.07, 6.45) is 5.17. The van der Waals surface area contributed by atoms with Crippen LogP contribution >= 0.6 is 23.2 Å². The lowest BCUT2D eigenvalue weighted by Gasteiger charge is -2.20. The molecule has 1 aliphatic heterocycles. The average molecular weight is 257 g/mol. The van der Waals surface area contributed by atoms with Crippen LogP contribution in [0.4, 0.5) is 0 Å². The van der Waals surface area contributed by atoms with Gasteiger partial charge in [0.25, 0.3) is 0 Å². The third-order valence-corrected chi connectivity index (χ3v) is 4.40. The van der Waals surface area contributed by atoms with Gasteiger partial charge >= 0.3 is 0 Å². The molecule has 1 saturated heterocycles. The van der Waals surface area contributed by atoms with Crippen molar-refractivity contribution in [2.45, 2.75) is 31.3 Å². The van der Waals surface area contributed by atoms with E-state index in [1.54, 1.807) is 0 Å². The van der Waals surface area contributed by atoms with E-state index in [1.807, 2.05) is 18.2 Å². The summed E-state index contributed by atoms with van der Waals surface area (Å²) < 4.78 is 5.76. The Labute approximate surface area is 106 Å². The molecule has 1 heterocycles. The first-order chi connectivity index (χ1) is 7.72. The van der Waals surface area contributed by atoms with Gasteiger partial charge in [0.15, 0.2) is 0 Å². The molecule has 2 aliphatic rings. The number of epoxide rings is 1. The number of halogens is 2. The summed E-state index contributed by atoms with van der Waals surface area (Å²) >= 11 is 12.2. The van der Waals surface area contributed by atoms with Gasteiger partial charge < -0.3 is 4.74 Å². The smallest absolute Gasteiger partial charge is 0.121 e. The minimum Gasteiger partial charge on any atom is -0.364 e. The van der Waals surface area contributed by atoms with Gasteiger partial charge in [0.2, 0.25) is 0 Å². The maximum absolute atomic E-state index is 6.27. The van der Waals surface area contributed by atoms with Crippen LogP contribution in [-0.4, -0.2) is 6.61 Å². The Morgan fingerprint density at radius 2 is 1.88 bits per heavy atom. The summed E-state index contributed by atoms with van der Waals surface area (Å²) in [6, 6.07) is 5.74. The molecule has 1 aromatic rings. The van der Waals surface area contributed by atoms with Crippen LogP contribution in [0.3, 0.4) is 0 Å². The van der Waals surface area contributed by atoms with Crippen LogP contribution in [0.5, 0.6) is 0 Å². The highest BCUT2D eigenvalue weighted by atomic mass is 35.5. The lowest BCUT2D eigenvalue weighted by atomic mass is 9.85. The van der Waals surface area contributed by atoms with Gasteiger partial charge in [-0.05, 0) is 30.9 Å². The Morgan fingerprint density at radius 1 is 1.19 bits per heavy atom. The van der Waals surface area contributed by atoms with Crippen molar-refractivity contribution in [2.75, 3.05) is 6.61 Å². The molecule has 0 N–H and O–H groups in total. The fourth-order valence-electron chi connectivity index (χ4n) is 2.91. The van der Waals surface area contributed by atoms with Gasteiger partial charge in [0.05, 0.1) is 6.61 Å². The van der Waals surface area contributed by atoms with Crippen LogP contribution in [0.2, 0.25) is 10.0 Å². The molecule has 1 aliphatic carbocycles. The van der Waals surface area contributed by atoms with Gasteiger partial charge in [-0.25, -0.2) is 0 Å². The molecule has 1 aromatic carbocycles. The van der Waals surface area contributed by atoms with E-state index in [0.29, 0.717) is 10.9 Å². The second-order valence-electron chi connectivity index (χ2n) is 4.78. The third kappa shape index (κ3) is 1.66. The molecule has 3 rings (SSSR count). The van der Waals surface area contributed by atoms with Gasteiger partial charge in [0, 0.05) is 15.6 Å². The quantitative estimate of drug-likeness (QED) is 0.715. The van der Waals surface area contributed by atoms with E-state index in [4.69, 9.17) is 27.9 Å². The largest absolute Gasteiger partial charge is 0.364 e. The van der Waals surface area contributed by atoms with Crippen LogP contribution in [0, 0.1) is 5.92 Å². The van der Waals surface area contributed by atoms with Crippen LogP contribution in [0.15, 0.2) is 18.2 Å². The standard InChI is InChI=1S/C13H14Cl2O/c14-10-5-6-11(12(15)7-10)13(8-16-13)9-3-1-2-4-9/h5-7,9H,1-4,8H2. The van der Waals surface area contributed by atoms with Gasteiger partial charge in [0.1, 0.15) is 5.60 Å². The van der Waals surface area contributed by atoms with E-state index in [2.05, 4.69) is 0 Å². The second kappa shape index (κ2) is 3.90. The van der Waals surface area contributed by atoms with Crippen molar-refractivity contribution in [3.8, 4) is 0 Å². The summed E-state index contributed by atoms with van der Waals surface area (Å²) in [6.45, 7) is 0.818. The second-order valence-corrected chi connectivity index (χ2v) is 5.63. The predicted molar refractivity (Wildman–Crippen MR) is 66.1 cm³/mol. The van der Waals surface area contributed by atoms with E-state index in [1.165, 1.54) is 25.7 Å². The molecule has 16 heavy (non-hydrogen) atoms. The lowest BCUT2D eigenvalue weighted by Crippen LogP contribution is -2.20. The van der Waals surface area contributed by atoms with Gasteiger partial charge in [-0.15, -0.1) is 0 Å². The molecule has 0 radical (unpaired) electrons. The molecule has 86 valence electrons. The summed E-state index contributed by atoms with van der Waals surface area (Å²) in [4.78, 5) is 0. The first-order valence-electron chi connectivity index (χ1n) is 5.82. The fourth-order valence-corrected chi connectivity index (χ4v) is 3.48. The minimum absolute atomic E-state index is 0.0851. The van der Waals surface area contributed by atoms with Crippen LogP contribution < -0.4 is 0 Å². The van der Waals surface area contributed by atoms with Crippen LogP contribution in [-0.2, 0) is 10.3 Å². The normalized spacial score (nSPS) is 29.6. The van der Waals surface area contributed by atoms with E-state index >= 15 is 0 Å². The van der Waals surface area contributed by atoms with E-state index < -0.39 is 0 Å². The highest BCUT2D eigenvalue weighted by molar-refractivity contribution is 6.35. The number of hydrogen-bond donors (Lipinski definition) is 0. The Kier molecular flexibility index (Phi) is 2.66. The highest BCUT2D eigenvalue weighted by Gasteiger charge is 2.54. The summed E-state index contributed by atoms with van der Waals surface area (Å²) in [5.74, 6) is 0.645. The van der Waals surface area contributed by atoms with Crippen LogP contribution in [0.1, 0.15) is 31.2 Å². The molecule has 1 unspecified atom stereocenters. The molecule has 0 bridgehead atoms. The lowest BCUT2D eigenvalue weighted by molar-refractivity contribution is 0.220. The molecule has 1 saturated carbocycles. The Bertz CT molecular complexity index is 406. The van der Waals surface area contributed by atoms with Crippen molar-refractivity contribution in [3.05, 3.63) is 33.8 Å². The average Bonchev–Trinajstić information content (AvgIpc) is 2.87. The predicted octanol–water partition coefficient (Wildman–Crippen LogP) is 4.41. The molecule has 1 nitrogen and oxygen atoms in total. The van der Waals surface area contributed by atoms with E-state index in [9.17, 15) is 0 Å². The van der Waals surface area contributed by atoms with Crippen molar-refractivity contribution in [3.63, 3.8) is 0 Å². The molecule has 3 heteroatoms. The van der Waals surface area contributed by atoms with Crippen molar-refractivity contribution in [1.82, 2.24) is 0 Å². The van der Waals surface area contributed by atoms with E-state index in [0.717, 1.165) is 17.2 Å². The highest BCUT2D eigenvalue weighted by Crippen LogP contribution is 2.53. The number of rotatable bonds is 2. The number of benzene rings is 1. The van der Waals surface area contributed by atoms with Crippen molar-refractivity contribution < 1.29 is 4.74 Å². The van der Waals surface area contributed by atoms with Crippen LogP contribution in [0.25, 0.3) is 0 Å². The van der Waals surface area contributed by atoms with Gasteiger partial charge in [-0.3, -0.25) is 0 Å². The topological polar surface area (TPSA) is 12.5 Å². The molecule has 0 spiro atoms. The minimum atomic E-state index is -0.0851. The number of ether oxygens (including phenoxy) is 1. The molecule has 0 amide bonds. The monoisotopic (exact) mass is 256 g/mol. The Morgan fingerprint density at radius 3 is 2.44 bits per heavy atom. The van der Waals surface area contributed by atoms with Gasteiger partial charge in [-0.2, -0.15) is 0 Å². The maximum atomic E-state index is 6.27. The van der Waals surface area contributed by atoms with Crippen molar-refractivity contribution >= 4 is 23.2 Å². The fraction of sp³-hybridized carbons (Fsp3) is 0.538. The van der Waals surface area contributed by atoms with Crippen molar-refractivity contribution in [1.29, 1.82) is 0 Å². The first-order valence-corrected chi connectivity index (χ1v) is 6.57. The third-order valence-electron chi connectivity index (χ3n) is 3.86. The zero-order chi connectivity index (χ0) is 11.2. The summed E-state index contributed by atoms with van der Waals surface area (Å²) in [7, 11) is 0. The molecule has 0 aromatic heterocycles. The SMILES string of the molecule is Clc1ccc(C2(C3CCCC3)CO2)c(Cl)c1. The molecular formula is C13H14Cl2O. The molecule has 1 atom stereocenters. The van der Waals surface area contributed by atoms with Crippen molar-refractivity contribution in [2.24, 2.45) is 5.92 Å². The number of hydrogen-bond acceptors (Lipinski definition) is 1.